The average molecular weight is 572 g/mol. The molecule has 3 aromatic rings. The SMILES string of the molecule is O=C(O)C=CC(=O)O.O=C(O)C=CC(=O)O.c1ccc(N2CCN(CCNc3nc4ccccc4s3)CC2)nc1. The molecule has 5 N–H and O–H groups in total. The second-order valence-corrected chi connectivity index (χ2v) is 8.98. The van der Waals surface area contributed by atoms with Crippen molar-refractivity contribution in [1.29, 1.82) is 0 Å². The van der Waals surface area contributed by atoms with Crippen molar-refractivity contribution in [1.82, 2.24) is 14.9 Å². The van der Waals surface area contributed by atoms with Crippen LogP contribution in [0.5, 0.6) is 0 Å². The molecule has 2 aromatic heterocycles. The lowest BCUT2D eigenvalue weighted by Gasteiger charge is -2.35. The molecule has 3 heterocycles. The lowest BCUT2D eigenvalue weighted by molar-refractivity contribution is -0.134. The summed E-state index contributed by atoms with van der Waals surface area (Å²) in [6, 6.07) is 14.4. The Hall–Kier alpha value is -4.82. The van der Waals surface area contributed by atoms with Crippen molar-refractivity contribution < 1.29 is 39.6 Å². The first-order chi connectivity index (χ1) is 19.1. The van der Waals surface area contributed by atoms with Crippen molar-refractivity contribution in [3.8, 4) is 0 Å². The first-order valence-electron chi connectivity index (χ1n) is 11.9. The Bertz CT molecular complexity index is 1220. The van der Waals surface area contributed by atoms with Gasteiger partial charge in [-0.15, -0.1) is 0 Å². The number of nitrogens with one attached hydrogen (secondary N) is 1. The van der Waals surface area contributed by atoms with Gasteiger partial charge in [0.05, 0.1) is 10.2 Å². The average Bonchev–Trinajstić information content (AvgIpc) is 3.35. The van der Waals surface area contributed by atoms with Crippen LogP contribution in [0.4, 0.5) is 10.9 Å². The molecule has 0 radical (unpaired) electrons. The van der Waals surface area contributed by atoms with Gasteiger partial charge in [0.15, 0.2) is 5.13 Å². The van der Waals surface area contributed by atoms with Crippen molar-refractivity contribution in [3.05, 3.63) is 73.0 Å². The number of carboxylic acid groups (broad SMARTS) is 4. The van der Waals surface area contributed by atoms with E-state index in [9.17, 15) is 19.2 Å². The second-order valence-electron chi connectivity index (χ2n) is 7.95. The Morgan fingerprint density at radius 2 is 1.35 bits per heavy atom. The number of aromatic nitrogens is 2. The van der Waals surface area contributed by atoms with Crippen LogP contribution < -0.4 is 10.2 Å². The number of anilines is 2. The van der Waals surface area contributed by atoms with E-state index in [0.29, 0.717) is 24.3 Å². The number of thiazole rings is 1. The lowest BCUT2D eigenvalue weighted by atomic mass is 10.3. The first kappa shape index (κ1) is 31.4. The van der Waals surface area contributed by atoms with E-state index >= 15 is 0 Å². The van der Waals surface area contributed by atoms with E-state index in [1.54, 1.807) is 11.3 Å². The van der Waals surface area contributed by atoms with Crippen LogP contribution >= 0.6 is 11.3 Å². The number of hydrogen-bond acceptors (Lipinski definition) is 10. The molecule has 0 unspecified atom stereocenters. The highest BCUT2D eigenvalue weighted by atomic mass is 32.1. The molecule has 1 aliphatic heterocycles. The van der Waals surface area contributed by atoms with E-state index < -0.39 is 23.9 Å². The Balaban J connectivity index is 0.000000290. The summed E-state index contributed by atoms with van der Waals surface area (Å²) in [7, 11) is 0. The molecule has 13 nitrogen and oxygen atoms in total. The van der Waals surface area contributed by atoms with E-state index in [4.69, 9.17) is 20.4 Å². The molecular formula is C26H29N5O8S. The van der Waals surface area contributed by atoms with Gasteiger partial charge in [0.1, 0.15) is 5.82 Å². The monoisotopic (exact) mass is 571 g/mol. The molecule has 0 spiro atoms. The van der Waals surface area contributed by atoms with Gasteiger partial charge in [0.25, 0.3) is 0 Å². The zero-order chi connectivity index (χ0) is 29.3. The highest BCUT2D eigenvalue weighted by molar-refractivity contribution is 7.22. The maximum Gasteiger partial charge on any atom is 0.328 e. The minimum absolute atomic E-state index is 0.558. The van der Waals surface area contributed by atoms with Crippen LogP contribution in [0.2, 0.25) is 0 Å². The molecule has 0 saturated carbocycles. The van der Waals surface area contributed by atoms with Gasteiger partial charge in [0, 0.05) is 69.8 Å². The predicted molar refractivity (Wildman–Crippen MR) is 150 cm³/mol. The van der Waals surface area contributed by atoms with Crippen molar-refractivity contribution in [3.63, 3.8) is 0 Å². The van der Waals surface area contributed by atoms with Gasteiger partial charge >= 0.3 is 23.9 Å². The Kier molecular flexibility index (Phi) is 13.3. The fourth-order valence-electron chi connectivity index (χ4n) is 3.30. The molecule has 40 heavy (non-hydrogen) atoms. The van der Waals surface area contributed by atoms with Gasteiger partial charge in [-0.05, 0) is 24.3 Å². The zero-order valence-electron chi connectivity index (χ0n) is 21.3. The van der Waals surface area contributed by atoms with Crippen molar-refractivity contribution in [2.75, 3.05) is 49.5 Å². The molecular weight excluding hydrogens is 542 g/mol. The number of pyridine rings is 1. The molecule has 0 amide bonds. The molecule has 1 saturated heterocycles. The number of aliphatic carboxylic acids is 4. The number of carboxylic acids is 4. The van der Waals surface area contributed by atoms with Gasteiger partial charge in [-0.1, -0.05) is 29.5 Å². The van der Waals surface area contributed by atoms with E-state index in [0.717, 1.165) is 55.7 Å². The highest BCUT2D eigenvalue weighted by Gasteiger charge is 2.17. The number of piperazine rings is 1. The van der Waals surface area contributed by atoms with Gasteiger partial charge < -0.3 is 30.6 Å². The summed E-state index contributed by atoms with van der Waals surface area (Å²) in [5.74, 6) is -3.94. The number of benzene rings is 1. The number of nitrogens with zero attached hydrogens (tertiary/aromatic N) is 4. The largest absolute Gasteiger partial charge is 0.478 e. The minimum Gasteiger partial charge on any atom is -0.478 e. The predicted octanol–water partition coefficient (Wildman–Crippen LogP) is 2.35. The van der Waals surface area contributed by atoms with Crippen molar-refractivity contribution in [2.45, 2.75) is 0 Å². The third-order valence-corrected chi connectivity index (χ3v) is 6.07. The molecule has 1 fully saturated rings. The van der Waals surface area contributed by atoms with Gasteiger partial charge in [-0.3, -0.25) is 4.90 Å². The van der Waals surface area contributed by atoms with E-state index in [-0.39, 0.29) is 0 Å². The lowest BCUT2D eigenvalue weighted by Crippen LogP contribution is -2.47. The van der Waals surface area contributed by atoms with Crippen LogP contribution in [0.3, 0.4) is 0 Å². The summed E-state index contributed by atoms with van der Waals surface area (Å²) in [6.45, 7) is 6.22. The van der Waals surface area contributed by atoms with Crippen LogP contribution in [0.15, 0.2) is 73.0 Å². The van der Waals surface area contributed by atoms with Gasteiger partial charge in [-0.25, -0.2) is 29.1 Å². The summed E-state index contributed by atoms with van der Waals surface area (Å²) in [4.78, 5) is 52.1. The second kappa shape index (κ2) is 16.9. The van der Waals surface area contributed by atoms with E-state index in [1.165, 1.54) is 4.70 Å². The van der Waals surface area contributed by atoms with Crippen LogP contribution in [0.1, 0.15) is 0 Å². The summed E-state index contributed by atoms with van der Waals surface area (Å²) >= 11 is 1.72. The number of rotatable bonds is 9. The molecule has 0 aliphatic carbocycles. The molecule has 0 bridgehead atoms. The molecule has 1 aromatic carbocycles. The van der Waals surface area contributed by atoms with Crippen molar-refractivity contribution in [2.24, 2.45) is 0 Å². The fourth-order valence-corrected chi connectivity index (χ4v) is 4.19. The fraction of sp³-hybridized carbons (Fsp3) is 0.231. The highest BCUT2D eigenvalue weighted by Crippen LogP contribution is 2.25. The quantitative estimate of drug-likeness (QED) is 0.235. The topological polar surface area (TPSA) is 193 Å². The summed E-state index contributed by atoms with van der Waals surface area (Å²) in [5.41, 5.74) is 1.08. The molecule has 1 aliphatic rings. The molecule has 4 rings (SSSR count). The Labute approximate surface area is 233 Å². The number of hydrogen-bond donors (Lipinski definition) is 5. The number of carbonyl (C=O) groups is 4. The normalized spacial score (nSPS) is 13.2. The van der Waals surface area contributed by atoms with Crippen LogP contribution in [-0.4, -0.2) is 98.4 Å². The maximum absolute atomic E-state index is 9.55. The summed E-state index contributed by atoms with van der Waals surface area (Å²) < 4.78 is 1.24. The Morgan fingerprint density at radius 3 is 1.85 bits per heavy atom. The van der Waals surface area contributed by atoms with Crippen LogP contribution in [-0.2, 0) is 19.2 Å². The van der Waals surface area contributed by atoms with E-state index in [1.807, 2.05) is 18.3 Å². The summed E-state index contributed by atoms with van der Waals surface area (Å²) in [5, 5.41) is 35.7. The standard InChI is InChI=1S/C18H21N5S.2C4H4O4/c1-2-6-16-15(5-1)21-18(24-16)20-9-10-22-11-13-23(14-12-22)17-7-3-4-8-19-17;2*5-3(6)1-2-4(7)8/h1-8H,9-14H2,(H,20,21);2*1-2H,(H,5,6)(H,7,8). The first-order valence-corrected chi connectivity index (χ1v) is 12.7. The molecule has 14 heteroatoms. The third-order valence-electron chi connectivity index (χ3n) is 5.08. The van der Waals surface area contributed by atoms with Crippen molar-refractivity contribution >= 4 is 56.4 Å². The molecule has 212 valence electrons. The Morgan fingerprint density at radius 1 is 0.800 bits per heavy atom. The maximum atomic E-state index is 9.55. The smallest absolute Gasteiger partial charge is 0.328 e. The zero-order valence-corrected chi connectivity index (χ0v) is 22.1. The van der Waals surface area contributed by atoms with Gasteiger partial charge in [0.2, 0.25) is 0 Å². The van der Waals surface area contributed by atoms with Gasteiger partial charge in [-0.2, -0.15) is 0 Å². The van der Waals surface area contributed by atoms with Crippen LogP contribution in [0, 0.1) is 0 Å². The minimum atomic E-state index is -1.26. The third kappa shape index (κ3) is 12.6. The van der Waals surface area contributed by atoms with E-state index in [2.05, 4.69) is 55.4 Å². The number of fused-ring (bicyclic) bond motifs is 1. The summed E-state index contributed by atoms with van der Waals surface area (Å²) in [6.07, 6.45) is 4.10. The van der Waals surface area contributed by atoms with Crippen LogP contribution in [0.25, 0.3) is 10.2 Å². The number of para-hydroxylation sites is 1. The molecule has 0 atom stereocenters.